The van der Waals surface area contributed by atoms with Gasteiger partial charge >= 0.3 is 24.1 Å². The number of esters is 2. The second-order valence-electron chi connectivity index (χ2n) is 20.5. The summed E-state index contributed by atoms with van der Waals surface area (Å²) >= 11 is 0. The summed E-state index contributed by atoms with van der Waals surface area (Å²) in [4.78, 5) is 60.7. The Bertz CT molecular complexity index is 1120. The molecule has 0 fully saturated rings. The SMILES string of the molecule is CCCCCCC(CCCCCC)COC(=O)CCCCN(CCCC)C(=O)OCCN(CCCN(CC)CC)CCOC(=O)N(CCCC)CCCCC(=O)OCC(CCCCCC)CCCCCC. The van der Waals surface area contributed by atoms with Crippen LogP contribution >= 0.6 is 0 Å². The third-order valence-corrected chi connectivity index (χ3v) is 14.1. The molecule has 0 saturated heterocycles. The molecule has 71 heavy (non-hydrogen) atoms. The maximum absolute atomic E-state index is 13.4. The van der Waals surface area contributed by atoms with Crippen molar-refractivity contribution in [2.75, 3.05) is 91.9 Å². The lowest BCUT2D eigenvalue weighted by atomic mass is 9.95. The molecule has 0 aliphatic carbocycles. The van der Waals surface area contributed by atoms with Gasteiger partial charge < -0.3 is 33.6 Å². The largest absolute Gasteiger partial charge is 0.465 e. The first-order valence-corrected chi connectivity index (χ1v) is 30.2. The Kier molecular flexibility index (Phi) is 49.0. The van der Waals surface area contributed by atoms with Gasteiger partial charge in [0.15, 0.2) is 0 Å². The summed E-state index contributed by atoms with van der Waals surface area (Å²) in [6, 6.07) is 0. The topological polar surface area (TPSA) is 118 Å². The highest BCUT2D eigenvalue weighted by Gasteiger charge is 2.19. The molecule has 0 aliphatic rings. The van der Waals surface area contributed by atoms with E-state index >= 15 is 0 Å². The van der Waals surface area contributed by atoms with Crippen LogP contribution in [0.2, 0.25) is 0 Å². The second kappa shape index (κ2) is 50.9. The number of hydrogen-bond donors (Lipinski definition) is 0. The van der Waals surface area contributed by atoms with Crippen LogP contribution in [0.5, 0.6) is 0 Å². The van der Waals surface area contributed by atoms with Crippen molar-refractivity contribution in [3.63, 3.8) is 0 Å². The van der Waals surface area contributed by atoms with Crippen molar-refractivity contribution in [2.45, 2.75) is 254 Å². The van der Waals surface area contributed by atoms with Gasteiger partial charge in [-0.15, -0.1) is 0 Å². The van der Waals surface area contributed by atoms with Gasteiger partial charge in [-0.3, -0.25) is 14.5 Å². The first-order valence-electron chi connectivity index (χ1n) is 30.2. The summed E-state index contributed by atoms with van der Waals surface area (Å²) in [5.41, 5.74) is 0. The van der Waals surface area contributed by atoms with E-state index in [0.717, 1.165) is 96.8 Å². The zero-order valence-electron chi connectivity index (χ0n) is 48.0. The highest BCUT2D eigenvalue weighted by atomic mass is 16.6. The summed E-state index contributed by atoms with van der Waals surface area (Å²) in [6.07, 6.45) is 31.9. The summed E-state index contributed by atoms with van der Waals surface area (Å²) in [6.45, 7) is 26.3. The lowest BCUT2D eigenvalue weighted by molar-refractivity contribution is -0.146. The molecule has 0 atom stereocenters. The summed E-state index contributed by atoms with van der Waals surface area (Å²) in [5, 5.41) is 0. The lowest BCUT2D eigenvalue weighted by Gasteiger charge is -2.27. The molecule has 0 aromatic carbocycles. The van der Waals surface area contributed by atoms with Crippen LogP contribution < -0.4 is 0 Å². The Labute approximate surface area is 438 Å². The molecule has 0 rings (SSSR count). The minimum absolute atomic E-state index is 0.130. The maximum Gasteiger partial charge on any atom is 0.409 e. The van der Waals surface area contributed by atoms with E-state index in [1.807, 2.05) is 0 Å². The van der Waals surface area contributed by atoms with Gasteiger partial charge in [-0.05, 0) is 109 Å². The Balaban J connectivity index is 5.16. The van der Waals surface area contributed by atoms with Crippen molar-refractivity contribution in [3.8, 4) is 0 Å². The van der Waals surface area contributed by atoms with Gasteiger partial charge in [-0.2, -0.15) is 0 Å². The Morgan fingerprint density at radius 3 is 1.00 bits per heavy atom. The number of hydrogen-bond acceptors (Lipinski definition) is 10. The predicted octanol–water partition coefficient (Wildman–Crippen LogP) is 15.0. The molecule has 2 amide bonds. The molecular formula is C59H116N4O8. The van der Waals surface area contributed by atoms with E-state index < -0.39 is 0 Å². The van der Waals surface area contributed by atoms with Crippen LogP contribution in [0, 0.1) is 11.8 Å². The number of carbonyl (C=O) groups is 4. The van der Waals surface area contributed by atoms with Crippen molar-refractivity contribution in [3.05, 3.63) is 0 Å². The van der Waals surface area contributed by atoms with Crippen LogP contribution in [0.3, 0.4) is 0 Å². The third-order valence-electron chi connectivity index (χ3n) is 14.1. The number of carbonyl (C=O) groups excluding carboxylic acids is 4. The van der Waals surface area contributed by atoms with Crippen molar-refractivity contribution in [1.29, 1.82) is 0 Å². The Hall–Kier alpha value is -2.60. The van der Waals surface area contributed by atoms with Crippen LogP contribution in [-0.4, -0.2) is 136 Å². The van der Waals surface area contributed by atoms with Crippen molar-refractivity contribution < 1.29 is 38.1 Å². The van der Waals surface area contributed by atoms with Gasteiger partial charge in [0.1, 0.15) is 13.2 Å². The maximum atomic E-state index is 13.4. The van der Waals surface area contributed by atoms with E-state index in [1.165, 1.54) is 103 Å². The quantitative estimate of drug-likeness (QED) is 0.0331. The lowest BCUT2D eigenvalue weighted by Crippen LogP contribution is -2.39. The molecule has 0 heterocycles. The van der Waals surface area contributed by atoms with Crippen molar-refractivity contribution >= 4 is 24.1 Å². The van der Waals surface area contributed by atoms with Crippen LogP contribution in [0.25, 0.3) is 0 Å². The van der Waals surface area contributed by atoms with Crippen LogP contribution in [0.15, 0.2) is 0 Å². The van der Waals surface area contributed by atoms with Crippen molar-refractivity contribution in [1.82, 2.24) is 19.6 Å². The fourth-order valence-corrected chi connectivity index (χ4v) is 9.16. The molecule has 0 radical (unpaired) electrons. The standard InChI is InChI=1S/C59H116N4O8/c1-9-17-23-27-36-54(37-28-24-18-10-2)52-70-56(64)40-31-33-46-62(44-21-13-5)58(66)68-50-48-61(43-35-42-60(15-7)16-8)49-51-69-59(67)63(45-22-14-6)47-34-32-41-57(65)71-53-55(38-29-25-19-11-3)39-30-26-20-12-4/h54-55H,9-53H2,1-8H3. The average Bonchev–Trinajstić information content (AvgIpc) is 3.37. The third kappa shape index (κ3) is 41.4. The monoisotopic (exact) mass is 1010 g/mol. The fraction of sp³-hybridized carbons (Fsp3) is 0.932. The average molecular weight is 1010 g/mol. The van der Waals surface area contributed by atoms with Crippen LogP contribution in [0.1, 0.15) is 254 Å². The number of unbranched alkanes of at least 4 members (excludes halogenated alkanes) is 16. The molecule has 0 aromatic rings. The van der Waals surface area contributed by atoms with Gasteiger partial charge in [0.2, 0.25) is 0 Å². The van der Waals surface area contributed by atoms with E-state index in [4.69, 9.17) is 18.9 Å². The smallest absolute Gasteiger partial charge is 0.409 e. The molecule has 0 saturated carbocycles. The zero-order chi connectivity index (χ0) is 52.4. The molecule has 12 heteroatoms. The predicted molar refractivity (Wildman–Crippen MR) is 296 cm³/mol. The number of amides is 2. The Morgan fingerprint density at radius 1 is 0.324 bits per heavy atom. The summed E-state index contributed by atoms with van der Waals surface area (Å²) in [5.74, 6) is 0.637. The van der Waals surface area contributed by atoms with Gasteiger partial charge in [0, 0.05) is 52.1 Å². The van der Waals surface area contributed by atoms with Gasteiger partial charge in [0.25, 0.3) is 0 Å². The minimum Gasteiger partial charge on any atom is -0.465 e. The summed E-state index contributed by atoms with van der Waals surface area (Å²) in [7, 11) is 0. The van der Waals surface area contributed by atoms with Crippen LogP contribution in [0.4, 0.5) is 9.59 Å². The molecule has 0 aliphatic heterocycles. The van der Waals surface area contributed by atoms with Gasteiger partial charge in [-0.25, -0.2) is 9.59 Å². The first kappa shape index (κ1) is 68.4. The van der Waals surface area contributed by atoms with E-state index in [0.29, 0.717) is 90.0 Å². The summed E-state index contributed by atoms with van der Waals surface area (Å²) < 4.78 is 23.4. The molecule has 0 bridgehead atoms. The van der Waals surface area contributed by atoms with Crippen LogP contribution in [-0.2, 0) is 28.5 Å². The van der Waals surface area contributed by atoms with E-state index in [2.05, 4.69) is 65.2 Å². The molecule has 0 N–H and O–H groups in total. The minimum atomic E-state index is -0.316. The molecular weight excluding hydrogens is 893 g/mol. The molecule has 0 spiro atoms. The normalized spacial score (nSPS) is 11.5. The van der Waals surface area contributed by atoms with Gasteiger partial charge in [0.05, 0.1) is 13.2 Å². The highest BCUT2D eigenvalue weighted by Crippen LogP contribution is 2.21. The first-order chi connectivity index (χ1) is 34.6. The molecule has 0 unspecified atom stereocenters. The van der Waals surface area contributed by atoms with E-state index in [9.17, 15) is 19.2 Å². The van der Waals surface area contributed by atoms with Gasteiger partial charge in [-0.1, -0.05) is 171 Å². The number of rotatable bonds is 52. The zero-order valence-corrected chi connectivity index (χ0v) is 48.0. The fourth-order valence-electron chi connectivity index (χ4n) is 9.16. The molecule has 0 aromatic heterocycles. The Morgan fingerprint density at radius 2 is 0.662 bits per heavy atom. The highest BCUT2D eigenvalue weighted by molar-refractivity contribution is 5.70. The van der Waals surface area contributed by atoms with E-state index in [1.54, 1.807) is 9.80 Å². The second-order valence-corrected chi connectivity index (χ2v) is 20.5. The van der Waals surface area contributed by atoms with Crippen molar-refractivity contribution in [2.24, 2.45) is 11.8 Å². The van der Waals surface area contributed by atoms with E-state index in [-0.39, 0.29) is 37.3 Å². The number of nitrogens with zero attached hydrogens (tertiary/aromatic N) is 4. The molecule has 12 nitrogen and oxygen atoms in total. The molecule has 420 valence electrons. The number of ether oxygens (including phenoxy) is 4.